The van der Waals surface area contributed by atoms with Crippen LogP contribution in [0.2, 0.25) is 0 Å². The van der Waals surface area contributed by atoms with Crippen LogP contribution in [0.3, 0.4) is 0 Å². The molecule has 6 heteroatoms. The van der Waals surface area contributed by atoms with Crippen LogP contribution in [0, 0.1) is 12.3 Å². The normalized spacial score (nSPS) is 23.0. The highest BCUT2D eigenvalue weighted by molar-refractivity contribution is 5.99. The average molecular weight is 369 g/mol. The molecule has 3 heterocycles. The van der Waals surface area contributed by atoms with Gasteiger partial charge in [-0.15, -0.1) is 0 Å². The lowest BCUT2D eigenvalue weighted by atomic mass is 9.78. The molecule has 1 aromatic carbocycles. The molecule has 1 atom stereocenters. The second-order valence-corrected chi connectivity index (χ2v) is 8.03. The van der Waals surface area contributed by atoms with Crippen LogP contribution in [0.25, 0.3) is 10.9 Å². The predicted octanol–water partition coefficient (Wildman–Crippen LogP) is 1.93. The number of benzene rings is 1. The van der Waals surface area contributed by atoms with E-state index in [0.717, 1.165) is 23.7 Å². The largest absolute Gasteiger partial charge is 0.395 e. The maximum atomic E-state index is 13.2. The zero-order valence-electron chi connectivity index (χ0n) is 16.1. The van der Waals surface area contributed by atoms with Gasteiger partial charge in [-0.25, -0.2) is 0 Å². The van der Waals surface area contributed by atoms with E-state index in [2.05, 4.69) is 12.1 Å². The second kappa shape index (κ2) is 6.68. The number of hydrogen-bond acceptors (Lipinski definition) is 3. The SMILES string of the molecule is Cc1ccc2cc(C(=O)N3CC[C@@]4(CCCN(CCO)C4=O)C3)n(C)c2c1. The number of aryl methyl sites for hydroxylation is 2. The summed E-state index contributed by atoms with van der Waals surface area (Å²) in [6.45, 7) is 4.21. The molecule has 2 fully saturated rings. The van der Waals surface area contributed by atoms with Crippen LogP contribution in [0.4, 0.5) is 0 Å². The first-order chi connectivity index (χ1) is 12.9. The quantitative estimate of drug-likeness (QED) is 0.899. The summed E-state index contributed by atoms with van der Waals surface area (Å²) in [5, 5.41) is 10.3. The molecule has 1 N–H and O–H groups in total. The number of likely N-dealkylation sites (tertiary alicyclic amines) is 2. The van der Waals surface area contributed by atoms with E-state index < -0.39 is 5.41 Å². The van der Waals surface area contributed by atoms with Gasteiger partial charge in [-0.3, -0.25) is 9.59 Å². The molecule has 0 unspecified atom stereocenters. The molecule has 2 aromatic rings. The third-order valence-corrected chi connectivity index (χ3v) is 6.26. The van der Waals surface area contributed by atoms with E-state index in [1.807, 2.05) is 35.6 Å². The molecule has 0 bridgehead atoms. The van der Waals surface area contributed by atoms with E-state index >= 15 is 0 Å². The number of nitrogens with zero attached hydrogens (tertiary/aromatic N) is 3. The van der Waals surface area contributed by atoms with Gasteiger partial charge in [0.15, 0.2) is 0 Å². The van der Waals surface area contributed by atoms with Crippen molar-refractivity contribution in [2.24, 2.45) is 12.5 Å². The van der Waals surface area contributed by atoms with E-state index in [9.17, 15) is 14.7 Å². The minimum atomic E-state index is -0.468. The van der Waals surface area contributed by atoms with Crippen molar-refractivity contribution in [1.29, 1.82) is 0 Å². The van der Waals surface area contributed by atoms with Crippen molar-refractivity contribution in [3.05, 3.63) is 35.5 Å². The molecular weight excluding hydrogens is 342 g/mol. The van der Waals surface area contributed by atoms with E-state index in [1.165, 1.54) is 5.56 Å². The number of rotatable bonds is 3. The lowest BCUT2D eigenvalue weighted by Gasteiger charge is -2.39. The zero-order valence-corrected chi connectivity index (χ0v) is 16.1. The molecule has 144 valence electrons. The van der Waals surface area contributed by atoms with Crippen molar-refractivity contribution in [2.45, 2.75) is 26.2 Å². The van der Waals surface area contributed by atoms with Gasteiger partial charge in [0.05, 0.1) is 12.0 Å². The van der Waals surface area contributed by atoms with Crippen LogP contribution >= 0.6 is 0 Å². The first-order valence-electron chi connectivity index (χ1n) is 9.71. The maximum Gasteiger partial charge on any atom is 0.270 e. The lowest BCUT2D eigenvalue weighted by Crippen LogP contribution is -2.51. The molecule has 0 aliphatic carbocycles. The van der Waals surface area contributed by atoms with E-state index in [1.54, 1.807) is 4.90 Å². The molecule has 4 rings (SSSR count). The van der Waals surface area contributed by atoms with Crippen LogP contribution in [-0.4, -0.2) is 64.1 Å². The molecule has 0 radical (unpaired) electrons. The van der Waals surface area contributed by atoms with Crippen LogP contribution < -0.4 is 0 Å². The average Bonchev–Trinajstić information content (AvgIpc) is 3.22. The number of aromatic nitrogens is 1. The molecule has 2 aliphatic heterocycles. The number of carbonyl (C=O) groups excluding carboxylic acids is 2. The van der Waals surface area contributed by atoms with E-state index in [0.29, 0.717) is 38.3 Å². The number of hydrogen-bond donors (Lipinski definition) is 1. The third-order valence-electron chi connectivity index (χ3n) is 6.26. The van der Waals surface area contributed by atoms with Crippen molar-refractivity contribution in [3.63, 3.8) is 0 Å². The molecular formula is C21H27N3O3. The first-order valence-corrected chi connectivity index (χ1v) is 9.71. The predicted molar refractivity (Wildman–Crippen MR) is 104 cm³/mol. The number of piperidine rings is 1. The summed E-state index contributed by atoms with van der Waals surface area (Å²) in [6.07, 6.45) is 2.47. The fourth-order valence-electron chi connectivity index (χ4n) is 4.72. The highest BCUT2D eigenvalue weighted by Crippen LogP contribution is 2.40. The highest BCUT2D eigenvalue weighted by Gasteiger charge is 2.49. The van der Waals surface area contributed by atoms with Crippen molar-refractivity contribution in [2.75, 3.05) is 32.8 Å². The molecule has 2 saturated heterocycles. The van der Waals surface area contributed by atoms with Crippen LogP contribution in [0.1, 0.15) is 35.3 Å². The van der Waals surface area contributed by atoms with Crippen LogP contribution in [0.15, 0.2) is 24.3 Å². The summed E-state index contributed by atoms with van der Waals surface area (Å²) in [4.78, 5) is 29.8. The van der Waals surface area contributed by atoms with Gasteiger partial charge in [0, 0.05) is 44.1 Å². The van der Waals surface area contributed by atoms with Gasteiger partial charge in [0.25, 0.3) is 5.91 Å². The van der Waals surface area contributed by atoms with Crippen molar-refractivity contribution >= 4 is 22.7 Å². The molecule has 27 heavy (non-hydrogen) atoms. The van der Waals surface area contributed by atoms with Gasteiger partial charge in [-0.2, -0.15) is 0 Å². The number of β-amino-alcohol motifs (C(OH)–C–C–N with tert-alkyl or cyclic N) is 1. The van der Waals surface area contributed by atoms with Crippen molar-refractivity contribution in [1.82, 2.24) is 14.4 Å². The monoisotopic (exact) mass is 369 g/mol. The summed E-state index contributed by atoms with van der Waals surface area (Å²) in [5.74, 6) is 0.0982. The Labute approximate surface area is 159 Å². The van der Waals surface area contributed by atoms with Gasteiger partial charge in [0.2, 0.25) is 5.91 Å². The van der Waals surface area contributed by atoms with E-state index in [-0.39, 0.29) is 18.4 Å². The van der Waals surface area contributed by atoms with Gasteiger partial charge >= 0.3 is 0 Å². The number of fused-ring (bicyclic) bond motifs is 1. The van der Waals surface area contributed by atoms with Gasteiger partial charge in [-0.05, 0) is 43.9 Å². The molecule has 6 nitrogen and oxygen atoms in total. The topological polar surface area (TPSA) is 65.8 Å². The third kappa shape index (κ3) is 2.92. The minimum Gasteiger partial charge on any atom is -0.395 e. The van der Waals surface area contributed by atoms with Gasteiger partial charge < -0.3 is 19.5 Å². The van der Waals surface area contributed by atoms with Crippen molar-refractivity contribution < 1.29 is 14.7 Å². The standard InChI is InChI=1S/C21H27N3O3/c1-15-4-5-16-13-18(22(2)17(16)12-15)19(26)24-9-7-21(14-24)6-3-8-23(10-11-25)20(21)27/h4-5,12-13,25H,3,6-11,14H2,1-2H3/t21-/m0/s1. The molecule has 1 spiro atoms. The number of aliphatic hydroxyl groups is 1. The smallest absolute Gasteiger partial charge is 0.270 e. The lowest BCUT2D eigenvalue weighted by molar-refractivity contribution is -0.146. The Bertz CT molecular complexity index is 901. The number of amides is 2. The van der Waals surface area contributed by atoms with Crippen molar-refractivity contribution in [3.8, 4) is 0 Å². The Morgan fingerprint density at radius 3 is 2.81 bits per heavy atom. The second-order valence-electron chi connectivity index (χ2n) is 8.03. The van der Waals surface area contributed by atoms with Gasteiger partial charge in [0.1, 0.15) is 5.69 Å². The summed E-state index contributed by atoms with van der Waals surface area (Å²) >= 11 is 0. The maximum absolute atomic E-state index is 13.2. The van der Waals surface area contributed by atoms with Crippen LogP contribution in [-0.2, 0) is 11.8 Å². The fourth-order valence-corrected chi connectivity index (χ4v) is 4.72. The Morgan fingerprint density at radius 2 is 2.04 bits per heavy atom. The Morgan fingerprint density at radius 1 is 1.22 bits per heavy atom. The van der Waals surface area contributed by atoms with Crippen LogP contribution in [0.5, 0.6) is 0 Å². The Balaban J connectivity index is 1.58. The minimum absolute atomic E-state index is 0.00434. The fraction of sp³-hybridized carbons (Fsp3) is 0.524. The molecule has 0 saturated carbocycles. The number of carbonyl (C=O) groups is 2. The Kier molecular flexibility index (Phi) is 4.46. The first kappa shape index (κ1) is 18.0. The highest BCUT2D eigenvalue weighted by atomic mass is 16.3. The van der Waals surface area contributed by atoms with Gasteiger partial charge in [-0.1, -0.05) is 12.1 Å². The number of aliphatic hydroxyl groups excluding tert-OH is 1. The molecule has 2 amide bonds. The van der Waals surface area contributed by atoms with E-state index in [4.69, 9.17) is 0 Å². The zero-order chi connectivity index (χ0) is 19.2. The molecule has 1 aromatic heterocycles. The molecule has 2 aliphatic rings. The Hall–Kier alpha value is -2.34. The summed E-state index contributed by atoms with van der Waals surface area (Å²) in [5.41, 5.74) is 2.42. The summed E-state index contributed by atoms with van der Waals surface area (Å²) in [6, 6.07) is 8.14. The summed E-state index contributed by atoms with van der Waals surface area (Å²) < 4.78 is 1.95. The summed E-state index contributed by atoms with van der Waals surface area (Å²) in [7, 11) is 1.93.